The van der Waals surface area contributed by atoms with Crippen LogP contribution in [0.15, 0.2) is 24.3 Å². The number of benzene rings is 1. The van der Waals surface area contributed by atoms with Crippen LogP contribution in [0.1, 0.15) is 43.2 Å². The molecule has 6 nitrogen and oxygen atoms in total. The summed E-state index contributed by atoms with van der Waals surface area (Å²) < 4.78 is 4.43. The highest BCUT2D eigenvalue weighted by Crippen LogP contribution is 2.35. The molecule has 0 aliphatic heterocycles. The number of nitrogens with zero attached hydrogens (tertiary/aromatic N) is 2. The van der Waals surface area contributed by atoms with Crippen molar-refractivity contribution in [3.8, 4) is 17.2 Å². The van der Waals surface area contributed by atoms with Gasteiger partial charge in [0.15, 0.2) is 5.78 Å². The molecule has 1 aromatic carbocycles. The summed E-state index contributed by atoms with van der Waals surface area (Å²) in [7, 11) is 0. The van der Waals surface area contributed by atoms with Gasteiger partial charge in [0.1, 0.15) is 17.6 Å². The van der Waals surface area contributed by atoms with E-state index in [1.54, 1.807) is 12.1 Å². The molecule has 1 aromatic heterocycles. The number of aryl methyl sites for hydroxylation is 1. The average molecular weight is 385 g/mol. The number of hydrogen-bond donors (Lipinski definition) is 2. The summed E-state index contributed by atoms with van der Waals surface area (Å²) in [5.41, 5.74) is 3.38. The van der Waals surface area contributed by atoms with E-state index >= 15 is 0 Å². The van der Waals surface area contributed by atoms with Crippen LogP contribution < -0.4 is 10.6 Å². The summed E-state index contributed by atoms with van der Waals surface area (Å²) in [6.07, 6.45) is 0.636. The van der Waals surface area contributed by atoms with Crippen molar-refractivity contribution in [2.24, 2.45) is 5.92 Å². The van der Waals surface area contributed by atoms with Gasteiger partial charge in [-0.15, -0.1) is 0 Å². The number of rotatable bonds is 8. The number of ketones is 1. The molecule has 0 spiro atoms. The Kier molecular flexibility index (Phi) is 7.08. The zero-order valence-electron chi connectivity index (χ0n) is 16.0. The van der Waals surface area contributed by atoms with Crippen LogP contribution in [0.4, 0.5) is 5.00 Å². The van der Waals surface area contributed by atoms with Gasteiger partial charge in [-0.3, -0.25) is 9.59 Å². The number of aromatic nitrogens is 1. The molecule has 0 saturated carbocycles. The van der Waals surface area contributed by atoms with E-state index in [9.17, 15) is 9.59 Å². The first-order chi connectivity index (χ1) is 12.8. The highest BCUT2D eigenvalue weighted by Gasteiger charge is 2.23. The highest BCUT2D eigenvalue weighted by molar-refractivity contribution is 7.11. The van der Waals surface area contributed by atoms with Crippen LogP contribution in [0.25, 0.3) is 11.1 Å². The molecule has 0 aliphatic carbocycles. The van der Waals surface area contributed by atoms with Crippen LogP contribution in [0.2, 0.25) is 0 Å². The molecule has 0 fully saturated rings. The lowest BCUT2D eigenvalue weighted by Crippen LogP contribution is -2.40. The lowest BCUT2D eigenvalue weighted by molar-refractivity contribution is -0.121. The molecule has 7 heteroatoms. The Balaban J connectivity index is 2.31. The molecule has 2 aromatic rings. The number of hydrogen-bond acceptors (Lipinski definition) is 6. The standard InChI is InChI=1S/C20H24N4O2S/c1-12(2)11-17(19(26)22-10-9-21)23-20-18(13(3)24-27-20)16-7-5-15(6-8-16)14(4)25/h5-8,12,17,23H,10-11H2,1-4H3,(H,22,26)/t17-/m0/s1. The lowest BCUT2D eigenvalue weighted by Gasteiger charge is -2.20. The van der Waals surface area contributed by atoms with E-state index in [0.29, 0.717) is 17.9 Å². The van der Waals surface area contributed by atoms with E-state index in [-0.39, 0.29) is 18.2 Å². The number of nitriles is 1. The van der Waals surface area contributed by atoms with Crippen LogP contribution in [-0.4, -0.2) is 28.7 Å². The molecular weight excluding hydrogens is 360 g/mol. The Bertz CT molecular complexity index is 850. The fourth-order valence-electron chi connectivity index (χ4n) is 2.79. The molecule has 2 rings (SSSR count). The molecule has 142 valence electrons. The monoisotopic (exact) mass is 384 g/mol. The molecule has 0 saturated heterocycles. The van der Waals surface area contributed by atoms with Gasteiger partial charge in [0.05, 0.1) is 11.8 Å². The van der Waals surface area contributed by atoms with Crippen molar-refractivity contribution in [1.82, 2.24) is 9.69 Å². The van der Waals surface area contributed by atoms with Crippen molar-refractivity contribution in [3.63, 3.8) is 0 Å². The van der Waals surface area contributed by atoms with Crippen LogP contribution in [0, 0.1) is 24.2 Å². The fraction of sp³-hybridized carbons (Fsp3) is 0.400. The third-order valence-electron chi connectivity index (χ3n) is 4.11. The number of amides is 1. The molecule has 1 heterocycles. The van der Waals surface area contributed by atoms with Crippen LogP contribution in [0.3, 0.4) is 0 Å². The zero-order chi connectivity index (χ0) is 20.0. The van der Waals surface area contributed by atoms with Crippen LogP contribution in [0.5, 0.6) is 0 Å². The summed E-state index contributed by atoms with van der Waals surface area (Å²) >= 11 is 1.31. The maximum atomic E-state index is 12.4. The predicted molar refractivity (Wildman–Crippen MR) is 108 cm³/mol. The topological polar surface area (TPSA) is 94.9 Å². The van der Waals surface area contributed by atoms with E-state index < -0.39 is 6.04 Å². The Morgan fingerprint density at radius 1 is 1.26 bits per heavy atom. The van der Waals surface area contributed by atoms with E-state index in [1.807, 2.05) is 39.0 Å². The Morgan fingerprint density at radius 2 is 1.93 bits per heavy atom. The van der Waals surface area contributed by atoms with Gasteiger partial charge in [-0.05, 0) is 43.3 Å². The van der Waals surface area contributed by atoms with Crippen molar-refractivity contribution in [3.05, 3.63) is 35.5 Å². The molecule has 1 atom stereocenters. The van der Waals surface area contributed by atoms with Gasteiger partial charge < -0.3 is 10.6 Å². The highest BCUT2D eigenvalue weighted by atomic mass is 32.1. The first-order valence-corrected chi connectivity index (χ1v) is 9.59. The third-order valence-corrected chi connectivity index (χ3v) is 4.98. The largest absolute Gasteiger partial charge is 0.364 e. The van der Waals surface area contributed by atoms with Crippen molar-refractivity contribution >= 4 is 28.2 Å². The molecule has 1 amide bonds. The van der Waals surface area contributed by atoms with Gasteiger partial charge in [-0.1, -0.05) is 38.1 Å². The van der Waals surface area contributed by atoms with Gasteiger partial charge in [0.25, 0.3) is 0 Å². The minimum atomic E-state index is -0.451. The second-order valence-corrected chi connectivity index (χ2v) is 7.58. The van der Waals surface area contributed by atoms with E-state index in [4.69, 9.17) is 5.26 Å². The number of nitrogens with one attached hydrogen (secondary N) is 2. The maximum absolute atomic E-state index is 12.4. The van der Waals surface area contributed by atoms with Crippen molar-refractivity contribution in [1.29, 1.82) is 5.26 Å². The molecule has 0 aliphatic rings. The minimum absolute atomic E-state index is 0.0177. The first-order valence-electron chi connectivity index (χ1n) is 8.82. The van der Waals surface area contributed by atoms with Gasteiger partial charge in [0.2, 0.25) is 5.91 Å². The number of Topliss-reactive ketones (excluding diaryl/α,β-unsaturated/α-hetero) is 1. The molecule has 2 N–H and O–H groups in total. The molecular formula is C20H24N4O2S. The molecule has 27 heavy (non-hydrogen) atoms. The Hall–Kier alpha value is -2.72. The Morgan fingerprint density at radius 3 is 2.48 bits per heavy atom. The second kappa shape index (κ2) is 9.28. The molecule has 0 bridgehead atoms. The van der Waals surface area contributed by atoms with Gasteiger partial charge >= 0.3 is 0 Å². The smallest absolute Gasteiger partial charge is 0.243 e. The summed E-state index contributed by atoms with van der Waals surface area (Å²) in [4.78, 5) is 23.9. The minimum Gasteiger partial charge on any atom is -0.364 e. The second-order valence-electron chi connectivity index (χ2n) is 6.81. The quantitative estimate of drug-likeness (QED) is 0.533. The lowest BCUT2D eigenvalue weighted by atomic mass is 10.0. The average Bonchev–Trinajstić information content (AvgIpc) is 2.99. The van der Waals surface area contributed by atoms with E-state index in [0.717, 1.165) is 21.8 Å². The van der Waals surface area contributed by atoms with Gasteiger partial charge in [-0.25, -0.2) is 0 Å². The van der Waals surface area contributed by atoms with E-state index in [2.05, 4.69) is 15.0 Å². The summed E-state index contributed by atoms with van der Waals surface area (Å²) in [6.45, 7) is 7.53. The van der Waals surface area contributed by atoms with Gasteiger partial charge in [-0.2, -0.15) is 9.64 Å². The van der Waals surface area contributed by atoms with Crippen LogP contribution in [-0.2, 0) is 4.79 Å². The normalized spacial score (nSPS) is 11.7. The summed E-state index contributed by atoms with van der Waals surface area (Å²) in [6, 6.07) is 8.86. The fourth-order valence-corrected chi connectivity index (χ4v) is 3.66. The summed E-state index contributed by atoms with van der Waals surface area (Å²) in [5, 5.41) is 15.5. The Labute approximate surface area is 163 Å². The van der Waals surface area contributed by atoms with Crippen molar-refractivity contribution in [2.75, 3.05) is 11.9 Å². The maximum Gasteiger partial charge on any atom is 0.243 e. The van der Waals surface area contributed by atoms with Crippen molar-refractivity contribution in [2.45, 2.75) is 40.2 Å². The van der Waals surface area contributed by atoms with E-state index in [1.165, 1.54) is 18.5 Å². The summed E-state index contributed by atoms with van der Waals surface area (Å²) in [5.74, 6) is 0.128. The number of anilines is 1. The number of carbonyl (C=O) groups excluding carboxylic acids is 2. The first kappa shape index (κ1) is 20.6. The zero-order valence-corrected chi connectivity index (χ0v) is 16.8. The predicted octanol–water partition coefficient (Wildman–Crippen LogP) is 3.79. The SMILES string of the molecule is CC(=O)c1ccc(-c2c(C)nsc2N[C@@H](CC(C)C)C(=O)NCC#N)cc1. The molecule has 0 radical (unpaired) electrons. The van der Waals surface area contributed by atoms with Crippen molar-refractivity contribution < 1.29 is 9.59 Å². The van der Waals surface area contributed by atoms with Gasteiger partial charge in [0, 0.05) is 11.1 Å². The number of carbonyl (C=O) groups is 2. The third kappa shape index (κ3) is 5.38. The van der Waals surface area contributed by atoms with Crippen LogP contribution >= 0.6 is 11.5 Å². The molecule has 0 unspecified atom stereocenters.